The molecule has 0 radical (unpaired) electrons. The van der Waals surface area contributed by atoms with Crippen LogP contribution in [0.1, 0.15) is 180 Å². The molecule has 0 aliphatic carbocycles. The molecule has 500 valence electrons. The molecular weight excluding hydrogens is 1120 g/mol. The number of amides is 10. The summed E-state index contributed by atoms with van der Waals surface area (Å²) in [4.78, 5) is 147. The Bertz CT molecular complexity index is 2230. The van der Waals surface area contributed by atoms with Crippen molar-refractivity contribution >= 4 is 71.0 Å². The van der Waals surface area contributed by atoms with Crippen molar-refractivity contribution in [3.63, 3.8) is 0 Å². The topological polar surface area (TPSA) is 486 Å². The summed E-state index contributed by atoms with van der Waals surface area (Å²) in [5.74, 6) is -8.28. The zero-order chi connectivity index (χ0) is 66.8. The summed E-state index contributed by atoms with van der Waals surface area (Å²) in [5, 5.41) is 24.9. The standard InChI is InChI=1S/C59H114N18O10/c1-31(2)25-38(61)49(79)72-42(26-32(3)4)53(83)74-44(28-34(7)8)55(85)76-46(30-36(11)12)56(86)75-45(29-35(9)10)54(84)73-43(27-33(5)6)52(82)70-41(21-18-24-68-59(65)66)51(81)77-47(37(13)14)57(87)71-40(19-15-16-22-60)50(80)69-39(48(62)78)20-17-23-67-58(63)64/h31-47H,15-30,60-61H2,1-14H3,(H2,62,78)(H,69,80)(H,70,82)(H,71,87)(H,72,79)(H,73,84)(H,74,83)(H,75,86)(H,76,85)(H,77,81)(H4,63,64,67)(H4,65,66,68)/t38-,39-,40-,41-,42-,43-,44-,45-,46-,47-/m0/s1. The third kappa shape index (κ3) is 34.9. The summed E-state index contributed by atoms with van der Waals surface area (Å²) in [7, 11) is 0. The van der Waals surface area contributed by atoms with Gasteiger partial charge >= 0.3 is 0 Å². The highest BCUT2D eigenvalue weighted by atomic mass is 16.2. The van der Waals surface area contributed by atoms with Gasteiger partial charge in [0.15, 0.2) is 11.9 Å². The number of carbonyl (C=O) groups excluding carboxylic acids is 10. The first-order valence-electron chi connectivity index (χ1n) is 31.1. The van der Waals surface area contributed by atoms with Gasteiger partial charge in [-0.05, 0) is 131 Å². The highest BCUT2D eigenvalue weighted by Gasteiger charge is 2.37. The van der Waals surface area contributed by atoms with Crippen molar-refractivity contribution in [1.82, 2.24) is 47.9 Å². The number of primary amides is 1. The lowest BCUT2D eigenvalue weighted by Gasteiger charge is -2.30. The van der Waals surface area contributed by atoms with Crippen LogP contribution in [0.25, 0.3) is 0 Å². The van der Waals surface area contributed by atoms with Gasteiger partial charge in [0.05, 0.1) is 6.04 Å². The van der Waals surface area contributed by atoms with Crippen LogP contribution in [0.5, 0.6) is 0 Å². The zero-order valence-electron chi connectivity index (χ0n) is 54.6. The number of nitrogens with one attached hydrogen (secondary N) is 9. The maximum atomic E-state index is 14.5. The second-order valence-electron chi connectivity index (χ2n) is 25.7. The molecule has 28 nitrogen and oxygen atoms in total. The van der Waals surface area contributed by atoms with E-state index >= 15 is 0 Å². The second-order valence-corrected chi connectivity index (χ2v) is 25.7. The van der Waals surface area contributed by atoms with Crippen molar-refractivity contribution < 1.29 is 47.9 Å². The van der Waals surface area contributed by atoms with Crippen LogP contribution in [-0.4, -0.2) is 151 Å². The Morgan fingerprint density at radius 1 is 0.322 bits per heavy atom. The van der Waals surface area contributed by atoms with Crippen LogP contribution in [0.4, 0.5) is 0 Å². The van der Waals surface area contributed by atoms with Gasteiger partial charge in [-0.1, -0.05) is 96.9 Å². The van der Waals surface area contributed by atoms with Crippen molar-refractivity contribution in [1.29, 1.82) is 0 Å². The normalized spacial score (nSPS) is 15.0. The molecule has 10 atom stereocenters. The molecule has 28 heteroatoms. The molecule has 0 saturated heterocycles. The minimum atomic E-state index is -1.32. The maximum Gasteiger partial charge on any atom is 0.243 e. The third-order valence-electron chi connectivity index (χ3n) is 13.8. The zero-order valence-corrected chi connectivity index (χ0v) is 54.6. The summed E-state index contributed by atoms with van der Waals surface area (Å²) in [6.45, 7) is 26.4. The van der Waals surface area contributed by atoms with Gasteiger partial charge in [0, 0.05) is 13.1 Å². The fourth-order valence-corrected chi connectivity index (χ4v) is 9.42. The molecule has 0 aromatic rings. The minimum Gasteiger partial charge on any atom is -0.370 e. The quantitative estimate of drug-likeness (QED) is 0.0204. The van der Waals surface area contributed by atoms with Crippen molar-refractivity contribution in [3.05, 3.63) is 0 Å². The van der Waals surface area contributed by atoms with Gasteiger partial charge in [-0.2, -0.15) is 0 Å². The lowest BCUT2D eigenvalue weighted by atomic mass is 9.97. The fraction of sp³-hybridized carbons (Fsp3) is 0.797. The van der Waals surface area contributed by atoms with E-state index in [-0.39, 0.29) is 118 Å². The SMILES string of the molecule is CC(C)C[C@H](NC(=O)[C@H](CC(C)C)NC(=O)[C@H](CC(C)C)NC(=O)[C@H](CC(C)C)NC(=O)[C@@H](N)CC(C)C)C(=O)N[C@@H](CC(C)C)C(=O)N[C@@H](CCCN=C(N)N)C(=O)N[C@H](C(=O)N[C@@H](CCCCN)C(=O)N[C@@H](CCCN=C(N)N)C(N)=O)C(C)C. The summed E-state index contributed by atoms with van der Waals surface area (Å²) in [6.07, 6.45) is 2.80. The molecule has 0 spiro atoms. The Morgan fingerprint density at radius 3 is 0.885 bits per heavy atom. The van der Waals surface area contributed by atoms with E-state index in [9.17, 15) is 47.9 Å². The van der Waals surface area contributed by atoms with Crippen molar-refractivity contribution in [3.8, 4) is 0 Å². The van der Waals surface area contributed by atoms with Crippen LogP contribution in [0, 0.1) is 41.4 Å². The number of unbranched alkanes of at least 4 members (excludes halogenated alkanes) is 1. The van der Waals surface area contributed by atoms with Gasteiger partial charge in [0.1, 0.15) is 54.4 Å². The average molecular weight is 1240 g/mol. The Labute approximate surface area is 517 Å². The Hall–Kier alpha value is -6.84. The minimum absolute atomic E-state index is 0.0128. The van der Waals surface area contributed by atoms with Crippen LogP contribution in [0.15, 0.2) is 9.98 Å². The summed E-state index contributed by atoms with van der Waals surface area (Å²) < 4.78 is 0. The van der Waals surface area contributed by atoms with Crippen molar-refractivity contribution in [2.45, 2.75) is 241 Å². The smallest absolute Gasteiger partial charge is 0.243 e. The van der Waals surface area contributed by atoms with Gasteiger partial charge in [-0.25, -0.2) is 0 Å². The van der Waals surface area contributed by atoms with Crippen molar-refractivity contribution in [2.24, 2.45) is 91.5 Å². The van der Waals surface area contributed by atoms with E-state index in [2.05, 4.69) is 57.8 Å². The molecule has 0 unspecified atom stereocenters. The first-order valence-corrected chi connectivity index (χ1v) is 31.1. The maximum absolute atomic E-state index is 14.5. The van der Waals surface area contributed by atoms with E-state index in [0.29, 0.717) is 32.2 Å². The van der Waals surface area contributed by atoms with Crippen LogP contribution in [0.2, 0.25) is 0 Å². The third-order valence-corrected chi connectivity index (χ3v) is 13.8. The molecule has 0 saturated carbocycles. The number of carbonyl (C=O) groups is 10. The van der Waals surface area contributed by atoms with E-state index in [1.165, 1.54) is 0 Å². The van der Waals surface area contributed by atoms with Crippen molar-refractivity contribution in [2.75, 3.05) is 19.6 Å². The Morgan fingerprint density at radius 2 is 0.586 bits per heavy atom. The first-order chi connectivity index (χ1) is 40.5. The monoisotopic (exact) mass is 1230 g/mol. The van der Waals surface area contributed by atoms with Crippen LogP contribution < -0.4 is 88.0 Å². The summed E-state index contributed by atoms with van der Waals surface area (Å²) >= 11 is 0. The van der Waals surface area contributed by atoms with E-state index in [1.54, 1.807) is 13.8 Å². The molecule has 87 heavy (non-hydrogen) atoms. The molecule has 0 rings (SSSR count). The number of nitrogens with zero attached hydrogens (tertiary/aromatic N) is 2. The predicted molar refractivity (Wildman–Crippen MR) is 339 cm³/mol. The predicted octanol–water partition coefficient (Wildman–Crippen LogP) is -0.669. The Balaban J connectivity index is 6.96. The van der Waals surface area contributed by atoms with E-state index in [1.807, 2.05) is 83.1 Å². The lowest BCUT2D eigenvalue weighted by molar-refractivity contribution is -0.136. The summed E-state index contributed by atoms with van der Waals surface area (Å²) in [5.41, 5.74) is 39.5. The van der Waals surface area contributed by atoms with Gasteiger partial charge in [0.25, 0.3) is 0 Å². The number of nitrogens with two attached hydrogens (primary N) is 7. The van der Waals surface area contributed by atoms with E-state index in [0.717, 1.165) is 0 Å². The van der Waals surface area contributed by atoms with Crippen LogP contribution in [0.3, 0.4) is 0 Å². The van der Waals surface area contributed by atoms with Gasteiger partial charge in [-0.15, -0.1) is 0 Å². The molecule has 10 amide bonds. The second kappa shape index (κ2) is 42.1. The number of hydrogen-bond acceptors (Lipinski definition) is 14. The largest absolute Gasteiger partial charge is 0.370 e. The number of rotatable bonds is 44. The van der Waals surface area contributed by atoms with Crippen LogP contribution in [-0.2, 0) is 47.9 Å². The molecule has 0 bridgehead atoms. The first kappa shape index (κ1) is 80.2. The molecule has 0 heterocycles. The van der Waals surface area contributed by atoms with Gasteiger partial charge in [-0.3, -0.25) is 57.9 Å². The molecule has 23 N–H and O–H groups in total. The number of hydrogen-bond donors (Lipinski definition) is 16. The number of aliphatic imine (C=N–C) groups is 2. The van der Waals surface area contributed by atoms with Gasteiger partial charge in [0.2, 0.25) is 59.1 Å². The molecule has 0 aromatic carbocycles. The molecule has 0 aromatic heterocycles. The molecule has 0 aliphatic rings. The average Bonchev–Trinajstić information content (AvgIpc) is 3.35. The highest BCUT2D eigenvalue weighted by Crippen LogP contribution is 2.16. The molecule has 0 aliphatic heterocycles. The Kier molecular flexibility index (Phi) is 38.8. The number of guanidine groups is 2. The van der Waals surface area contributed by atoms with Crippen LogP contribution >= 0.6 is 0 Å². The highest BCUT2D eigenvalue weighted by molar-refractivity contribution is 5.98. The van der Waals surface area contributed by atoms with E-state index in [4.69, 9.17) is 40.1 Å². The summed E-state index contributed by atoms with van der Waals surface area (Å²) in [6, 6.07) is -11.5. The lowest BCUT2D eigenvalue weighted by Crippen LogP contribution is -2.61. The molecule has 0 fully saturated rings. The van der Waals surface area contributed by atoms with E-state index < -0.39 is 125 Å². The molecular formula is C59H114N18O10. The van der Waals surface area contributed by atoms with Gasteiger partial charge < -0.3 is 88.0 Å². The fourth-order valence-electron chi connectivity index (χ4n) is 9.42.